The highest BCUT2D eigenvalue weighted by molar-refractivity contribution is 4.96. The van der Waals surface area contributed by atoms with Gasteiger partial charge >= 0.3 is 0 Å². The summed E-state index contributed by atoms with van der Waals surface area (Å²) in [6.45, 7) is 22.2. The number of hydrogen-bond donors (Lipinski definition) is 0. The highest BCUT2D eigenvalue weighted by Crippen LogP contribution is 2.27. The van der Waals surface area contributed by atoms with Gasteiger partial charge in [-0.3, -0.25) is 0 Å². The van der Waals surface area contributed by atoms with E-state index in [9.17, 15) is 0 Å². The lowest BCUT2D eigenvalue weighted by Crippen LogP contribution is -2.27. The summed E-state index contributed by atoms with van der Waals surface area (Å²) in [5.41, 5.74) is 3.07. The van der Waals surface area contributed by atoms with E-state index in [0.29, 0.717) is 0 Å². The van der Waals surface area contributed by atoms with Gasteiger partial charge in [0, 0.05) is 0 Å². The SMILES string of the molecule is C=C(CCCCCCCCCCCC)CCCCCN(CCC)CCCCCCCC(=C)CC(CCCCCCCC)CCCCCCCC. The Bertz CT molecular complexity index is 663. The van der Waals surface area contributed by atoms with Crippen molar-refractivity contribution in [2.45, 2.75) is 265 Å². The monoisotopic (exact) mass is 700 g/mol. The molecule has 298 valence electrons. The van der Waals surface area contributed by atoms with Crippen molar-refractivity contribution in [1.29, 1.82) is 0 Å². The topological polar surface area (TPSA) is 3.24 Å². The molecular weight excluding hydrogens is 603 g/mol. The summed E-state index contributed by atoms with van der Waals surface area (Å²) in [5.74, 6) is 0.901. The molecule has 0 heterocycles. The van der Waals surface area contributed by atoms with E-state index >= 15 is 0 Å². The zero-order valence-corrected chi connectivity index (χ0v) is 35.7. The zero-order valence-electron chi connectivity index (χ0n) is 35.7. The second-order valence-corrected chi connectivity index (χ2v) is 16.8. The summed E-state index contributed by atoms with van der Waals surface area (Å²) in [5, 5.41) is 0. The van der Waals surface area contributed by atoms with Crippen LogP contribution in [0.2, 0.25) is 0 Å². The predicted molar refractivity (Wildman–Crippen MR) is 232 cm³/mol. The Morgan fingerprint density at radius 3 is 1.06 bits per heavy atom. The van der Waals surface area contributed by atoms with Crippen LogP contribution in [-0.4, -0.2) is 24.5 Å². The molecular formula is C49H97N. The van der Waals surface area contributed by atoms with E-state index < -0.39 is 0 Å². The molecule has 0 radical (unpaired) electrons. The van der Waals surface area contributed by atoms with Crippen LogP contribution >= 0.6 is 0 Å². The predicted octanol–water partition coefficient (Wildman–Crippen LogP) is 17.5. The van der Waals surface area contributed by atoms with Crippen LogP contribution in [0, 0.1) is 5.92 Å². The summed E-state index contributed by atoms with van der Waals surface area (Å²) in [7, 11) is 0. The molecule has 0 saturated heterocycles. The van der Waals surface area contributed by atoms with Gasteiger partial charge in [-0.1, -0.05) is 225 Å². The molecule has 0 unspecified atom stereocenters. The number of hydrogen-bond acceptors (Lipinski definition) is 1. The van der Waals surface area contributed by atoms with Crippen molar-refractivity contribution in [1.82, 2.24) is 4.90 Å². The van der Waals surface area contributed by atoms with Crippen LogP contribution in [0.4, 0.5) is 0 Å². The van der Waals surface area contributed by atoms with Crippen molar-refractivity contribution in [2.24, 2.45) is 5.92 Å². The molecule has 0 amide bonds. The van der Waals surface area contributed by atoms with Crippen molar-refractivity contribution in [2.75, 3.05) is 19.6 Å². The van der Waals surface area contributed by atoms with E-state index in [1.165, 1.54) is 263 Å². The Balaban J connectivity index is 3.96. The third kappa shape index (κ3) is 37.2. The van der Waals surface area contributed by atoms with E-state index in [0.717, 1.165) is 5.92 Å². The Morgan fingerprint density at radius 2 is 0.660 bits per heavy atom. The largest absolute Gasteiger partial charge is 0.303 e. The highest BCUT2D eigenvalue weighted by atomic mass is 15.1. The summed E-state index contributed by atoms with van der Waals surface area (Å²) < 4.78 is 0. The van der Waals surface area contributed by atoms with Gasteiger partial charge < -0.3 is 4.90 Å². The van der Waals surface area contributed by atoms with Crippen LogP contribution in [0.5, 0.6) is 0 Å². The number of rotatable bonds is 43. The van der Waals surface area contributed by atoms with E-state index in [-0.39, 0.29) is 0 Å². The van der Waals surface area contributed by atoms with Crippen molar-refractivity contribution in [3.63, 3.8) is 0 Å². The lowest BCUT2D eigenvalue weighted by Gasteiger charge is -2.21. The maximum Gasteiger partial charge on any atom is -0.00187 e. The van der Waals surface area contributed by atoms with Gasteiger partial charge in [0.25, 0.3) is 0 Å². The first-order valence-electron chi connectivity index (χ1n) is 23.6. The number of allylic oxidation sites excluding steroid dienone is 2. The minimum atomic E-state index is 0.901. The van der Waals surface area contributed by atoms with Gasteiger partial charge in [-0.15, -0.1) is 0 Å². The van der Waals surface area contributed by atoms with Crippen LogP contribution in [-0.2, 0) is 0 Å². The maximum absolute atomic E-state index is 4.58. The Hall–Kier alpha value is -0.560. The molecule has 0 spiro atoms. The number of nitrogens with zero attached hydrogens (tertiary/aromatic N) is 1. The van der Waals surface area contributed by atoms with Crippen LogP contribution in [0.25, 0.3) is 0 Å². The van der Waals surface area contributed by atoms with Gasteiger partial charge in [0.2, 0.25) is 0 Å². The lowest BCUT2D eigenvalue weighted by atomic mass is 9.87. The summed E-state index contributed by atoms with van der Waals surface area (Å²) >= 11 is 0. The van der Waals surface area contributed by atoms with Gasteiger partial charge in [0.15, 0.2) is 0 Å². The maximum atomic E-state index is 4.58. The molecule has 0 aromatic heterocycles. The normalized spacial score (nSPS) is 11.7. The van der Waals surface area contributed by atoms with Gasteiger partial charge in [-0.2, -0.15) is 0 Å². The lowest BCUT2D eigenvalue weighted by molar-refractivity contribution is 0.261. The van der Waals surface area contributed by atoms with Crippen molar-refractivity contribution < 1.29 is 0 Å². The first-order chi connectivity index (χ1) is 24.6. The molecule has 50 heavy (non-hydrogen) atoms. The molecule has 1 heteroatoms. The summed E-state index contributed by atoms with van der Waals surface area (Å²) in [4.78, 5) is 2.76. The molecule has 0 rings (SSSR count). The van der Waals surface area contributed by atoms with E-state index in [2.05, 4.69) is 45.8 Å². The van der Waals surface area contributed by atoms with E-state index in [1.807, 2.05) is 0 Å². The average Bonchev–Trinajstić information content (AvgIpc) is 3.11. The fourth-order valence-electron chi connectivity index (χ4n) is 8.05. The molecule has 0 aliphatic carbocycles. The molecule has 0 aliphatic rings. The van der Waals surface area contributed by atoms with E-state index in [4.69, 9.17) is 0 Å². The Labute approximate surface area is 319 Å². The summed E-state index contributed by atoms with van der Waals surface area (Å²) in [6, 6.07) is 0. The first-order valence-corrected chi connectivity index (χ1v) is 23.6. The number of unbranched alkanes of at least 4 members (excludes halogenated alkanes) is 25. The van der Waals surface area contributed by atoms with Crippen molar-refractivity contribution in [3.05, 3.63) is 24.3 Å². The van der Waals surface area contributed by atoms with Crippen LogP contribution in [0.3, 0.4) is 0 Å². The van der Waals surface area contributed by atoms with Gasteiger partial charge in [-0.25, -0.2) is 0 Å². The van der Waals surface area contributed by atoms with Crippen molar-refractivity contribution in [3.8, 4) is 0 Å². The standard InChI is InChI=1S/C49H97N/c1-7-11-14-17-20-21-22-23-25-31-38-47(5)39-33-30-37-45-50(43-10-4)44-36-29-24-26-32-40-48(6)46-49(41-34-27-18-15-12-8-2)42-35-28-19-16-13-9-3/h49H,5-46H2,1-4H3. The second kappa shape index (κ2) is 41.2. The molecule has 0 N–H and O–H groups in total. The quantitative estimate of drug-likeness (QED) is 0.0452. The minimum Gasteiger partial charge on any atom is -0.303 e. The second-order valence-electron chi connectivity index (χ2n) is 16.8. The fraction of sp³-hybridized carbons (Fsp3) is 0.918. The van der Waals surface area contributed by atoms with Gasteiger partial charge in [-0.05, 0) is 89.8 Å². The molecule has 0 aromatic rings. The molecule has 0 atom stereocenters. The van der Waals surface area contributed by atoms with Crippen molar-refractivity contribution >= 4 is 0 Å². The van der Waals surface area contributed by atoms with Gasteiger partial charge in [0.05, 0.1) is 0 Å². The first kappa shape index (κ1) is 49.4. The zero-order chi connectivity index (χ0) is 36.6. The molecule has 0 aliphatic heterocycles. The Kier molecular flexibility index (Phi) is 40.7. The fourth-order valence-corrected chi connectivity index (χ4v) is 8.05. The third-order valence-electron chi connectivity index (χ3n) is 11.4. The smallest absolute Gasteiger partial charge is 0.00187 e. The molecule has 0 fully saturated rings. The van der Waals surface area contributed by atoms with E-state index in [1.54, 1.807) is 5.57 Å². The molecule has 0 aromatic carbocycles. The van der Waals surface area contributed by atoms with Crippen LogP contribution in [0.15, 0.2) is 24.3 Å². The molecule has 0 saturated carbocycles. The minimum absolute atomic E-state index is 0.901. The third-order valence-corrected chi connectivity index (χ3v) is 11.4. The summed E-state index contributed by atoms with van der Waals surface area (Å²) in [6.07, 6.45) is 51.7. The molecule has 1 nitrogen and oxygen atoms in total. The molecule has 0 bridgehead atoms. The Morgan fingerprint density at radius 1 is 0.340 bits per heavy atom. The average molecular weight is 700 g/mol. The highest BCUT2D eigenvalue weighted by Gasteiger charge is 2.11. The van der Waals surface area contributed by atoms with Gasteiger partial charge in [0.1, 0.15) is 0 Å². The van der Waals surface area contributed by atoms with Crippen LogP contribution < -0.4 is 0 Å². The van der Waals surface area contributed by atoms with Crippen LogP contribution in [0.1, 0.15) is 265 Å².